The van der Waals surface area contributed by atoms with Crippen molar-refractivity contribution < 1.29 is 0 Å². The van der Waals surface area contributed by atoms with E-state index in [1.165, 1.54) is 12.0 Å². The SMILES string of the molecule is CCCc1ccc(C#CCCCN)cc1. The van der Waals surface area contributed by atoms with Crippen LogP contribution in [0.3, 0.4) is 0 Å². The van der Waals surface area contributed by atoms with Gasteiger partial charge in [-0.3, -0.25) is 0 Å². The molecule has 0 amide bonds. The molecule has 0 aliphatic rings. The normalized spacial score (nSPS) is 9.47. The highest BCUT2D eigenvalue weighted by atomic mass is 14.5. The van der Waals surface area contributed by atoms with Crippen molar-refractivity contribution in [1.29, 1.82) is 0 Å². The quantitative estimate of drug-likeness (QED) is 0.588. The number of benzene rings is 1. The van der Waals surface area contributed by atoms with E-state index in [4.69, 9.17) is 5.73 Å². The Bertz CT molecular complexity index is 327. The van der Waals surface area contributed by atoms with Gasteiger partial charge >= 0.3 is 0 Å². The van der Waals surface area contributed by atoms with Gasteiger partial charge in [0.25, 0.3) is 0 Å². The molecule has 0 aliphatic carbocycles. The lowest BCUT2D eigenvalue weighted by molar-refractivity contribution is 0.870. The van der Waals surface area contributed by atoms with Crippen molar-refractivity contribution in [2.75, 3.05) is 6.54 Å². The van der Waals surface area contributed by atoms with E-state index in [1.807, 2.05) is 0 Å². The highest BCUT2D eigenvalue weighted by Gasteiger charge is 1.90. The van der Waals surface area contributed by atoms with Crippen molar-refractivity contribution in [3.63, 3.8) is 0 Å². The van der Waals surface area contributed by atoms with Crippen LogP contribution in [0.5, 0.6) is 0 Å². The number of aryl methyl sites for hydroxylation is 1. The molecule has 1 heteroatoms. The second-order valence-corrected chi connectivity index (χ2v) is 3.64. The predicted molar refractivity (Wildman–Crippen MR) is 65.6 cm³/mol. The molecule has 0 unspecified atom stereocenters. The summed E-state index contributed by atoms with van der Waals surface area (Å²) in [5.41, 5.74) is 7.89. The lowest BCUT2D eigenvalue weighted by Gasteiger charge is -1.97. The van der Waals surface area contributed by atoms with Gasteiger partial charge in [-0.15, -0.1) is 0 Å². The zero-order valence-electron chi connectivity index (χ0n) is 9.42. The first-order valence-electron chi connectivity index (χ1n) is 5.64. The third-order valence-electron chi connectivity index (χ3n) is 2.23. The maximum absolute atomic E-state index is 5.39. The van der Waals surface area contributed by atoms with Crippen LogP contribution in [0, 0.1) is 11.8 Å². The standard InChI is InChI=1S/C14H19N/c1-2-6-13-8-10-14(11-9-13)7-4-3-5-12-15/h8-11H,2-3,5-6,12,15H2,1H3. The van der Waals surface area contributed by atoms with Crippen LogP contribution in [0.25, 0.3) is 0 Å². The molecular formula is C14H19N. The van der Waals surface area contributed by atoms with Crippen LogP contribution in [-0.2, 0) is 6.42 Å². The molecule has 2 N–H and O–H groups in total. The Balaban J connectivity index is 2.51. The molecule has 0 aliphatic heterocycles. The van der Waals surface area contributed by atoms with Gasteiger partial charge in [0, 0.05) is 12.0 Å². The molecule has 0 atom stereocenters. The summed E-state index contributed by atoms with van der Waals surface area (Å²) in [6.07, 6.45) is 4.23. The highest BCUT2D eigenvalue weighted by Crippen LogP contribution is 2.05. The fraction of sp³-hybridized carbons (Fsp3) is 0.429. The third kappa shape index (κ3) is 4.67. The van der Waals surface area contributed by atoms with Gasteiger partial charge in [-0.2, -0.15) is 0 Å². The lowest BCUT2D eigenvalue weighted by Crippen LogP contribution is -1.96. The van der Waals surface area contributed by atoms with Crippen molar-refractivity contribution in [3.05, 3.63) is 35.4 Å². The molecule has 15 heavy (non-hydrogen) atoms. The van der Waals surface area contributed by atoms with Crippen LogP contribution in [0.2, 0.25) is 0 Å². The van der Waals surface area contributed by atoms with E-state index in [0.29, 0.717) is 0 Å². The summed E-state index contributed by atoms with van der Waals surface area (Å²) >= 11 is 0. The van der Waals surface area contributed by atoms with Crippen LogP contribution in [0.4, 0.5) is 0 Å². The fourth-order valence-corrected chi connectivity index (χ4v) is 1.40. The highest BCUT2D eigenvalue weighted by molar-refractivity contribution is 5.36. The minimum absolute atomic E-state index is 0.726. The van der Waals surface area contributed by atoms with Crippen LogP contribution in [0.15, 0.2) is 24.3 Å². The van der Waals surface area contributed by atoms with Crippen molar-refractivity contribution in [2.45, 2.75) is 32.6 Å². The zero-order valence-corrected chi connectivity index (χ0v) is 9.42. The van der Waals surface area contributed by atoms with E-state index in [1.54, 1.807) is 0 Å². The summed E-state index contributed by atoms with van der Waals surface area (Å²) in [4.78, 5) is 0. The summed E-state index contributed by atoms with van der Waals surface area (Å²) in [7, 11) is 0. The first kappa shape index (κ1) is 11.8. The summed E-state index contributed by atoms with van der Waals surface area (Å²) < 4.78 is 0. The Kier molecular flexibility index (Phi) is 5.58. The van der Waals surface area contributed by atoms with Crippen molar-refractivity contribution in [1.82, 2.24) is 0 Å². The monoisotopic (exact) mass is 201 g/mol. The molecule has 1 aromatic carbocycles. The van der Waals surface area contributed by atoms with Gasteiger partial charge in [0.2, 0.25) is 0 Å². The topological polar surface area (TPSA) is 26.0 Å². The maximum atomic E-state index is 5.39. The average molecular weight is 201 g/mol. The number of unbranched alkanes of at least 4 members (excludes halogenated alkanes) is 1. The summed E-state index contributed by atoms with van der Waals surface area (Å²) in [6, 6.07) is 8.52. The Morgan fingerprint density at radius 2 is 1.93 bits per heavy atom. The second kappa shape index (κ2) is 7.09. The molecule has 80 valence electrons. The number of rotatable bonds is 4. The minimum Gasteiger partial charge on any atom is -0.330 e. The summed E-state index contributed by atoms with van der Waals surface area (Å²) in [5, 5.41) is 0. The summed E-state index contributed by atoms with van der Waals surface area (Å²) in [5.74, 6) is 6.27. The van der Waals surface area contributed by atoms with E-state index in [0.717, 1.165) is 31.4 Å². The molecule has 0 aromatic heterocycles. The molecule has 1 rings (SSSR count). The van der Waals surface area contributed by atoms with Crippen LogP contribution < -0.4 is 5.73 Å². The van der Waals surface area contributed by atoms with E-state index in [-0.39, 0.29) is 0 Å². The predicted octanol–water partition coefficient (Wildman–Crippen LogP) is 2.73. The number of nitrogens with two attached hydrogens (primary N) is 1. The van der Waals surface area contributed by atoms with Crippen molar-refractivity contribution in [2.24, 2.45) is 5.73 Å². The molecule has 1 nitrogen and oxygen atoms in total. The number of hydrogen-bond acceptors (Lipinski definition) is 1. The van der Waals surface area contributed by atoms with Gasteiger partial charge in [0.1, 0.15) is 0 Å². The maximum Gasteiger partial charge on any atom is 0.0245 e. The molecule has 0 heterocycles. The number of hydrogen-bond donors (Lipinski definition) is 1. The molecule has 0 fully saturated rings. The molecule has 0 spiro atoms. The first-order valence-corrected chi connectivity index (χ1v) is 5.64. The van der Waals surface area contributed by atoms with Gasteiger partial charge in [0.05, 0.1) is 0 Å². The molecule has 0 saturated heterocycles. The summed E-state index contributed by atoms with van der Waals surface area (Å²) in [6.45, 7) is 2.92. The van der Waals surface area contributed by atoms with Gasteiger partial charge in [-0.25, -0.2) is 0 Å². The Hall–Kier alpha value is -1.26. The average Bonchev–Trinajstić information content (AvgIpc) is 2.27. The lowest BCUT2D eigenvalue weighted by atomic mass is 10.1. The van der Waals surface area contributed by atoms with Gasteiger partial charge in [-0.1, -0.05) is 37.3 Å². The van der Waals surface area contributed by atoms with Crippen LogP contribution in [-0.4, -0.2) is 6.54 Å². The van der Waals surface area contributed by atoms with E-state index >= 15 is 0 Å². The molecule has 1 aromatic rings. The first-order chi connectivity index (χ1) is 7.36. The van der Waals surface area contributed by atoms with Gasteiger partial charge in [-0.05, 0) is 37.1 Å². The smallest absolute Gasteiger partial charge is 0.0245 e. The largest absolute Gasteiger partial charge is 0.330 e. The molecule has 0 radical (unpaired) electrons. The van der Waals surface area contributed by atoms with Crippen molar-refractivity contribution in [3.8, 4) is 11.8 Å². The zero-order chi connectivity index (χ0) is 10.9. The molecule has 0 bridgehead atoms. The van der Waals surface area contributed by atoms with Gasteiger partial charge in [0.15, 0.2) is 0 Å². The van der Waals surface area contributed by atoms with E-state index < -0.39 is 0 Å². The van der Waals surface area contributed by atoms with Gasteiger partial charge < -0.3 is 5.73 Å². The second-order valence-electron chi connectivity index (χ2n) is 3.64. The third-order valence-corrected chi connectivity index (χ3v) is 2.23. The Morgan fingerprint density at radius 3 is 2.53 bits per heavy atom. The van der Waals surface area contributed by atoms with Crippen molar-refractivity contribution >= 4 is 0 Å². The Labute approximate surface area is 92.7 Å². The fourth-order valence-electron chi connectivity index (χ4n) is 1.40. The Morgan fingerprint density at radius 1 is 1.20 bits per heavy atom. The minimum atomic E-state index is 0.726. The molecular weight excluding hydrogens is 182 g/mol. The molecule has 0 saturated carbocycles. The van der Waals surface area contributed by atoms with Crippen LogP contribution >= 0.6 is 0 Å². The van der Waals surface area contributed by atoms with E-state index in [9.17, 15) is 0 Å². The van der Waals surface area contributed by atoms with E-state index in [2.05, 4.69) is 43.0 Å². The van der Waals surface area contributed by atoms with Crippen LogP contribution in [0.1, 0.15) is 37.3 Å².